The molecular formula is C15H22O4. The molecule has 0 fully saturated rings. The summed E-state index contributed by atoms with van der Waals surface area (Å²) in [7, 11) is 0. The van der Waals surface area contributed by atoms with Gasteiger partial charge >= 0.3 is 6.16 Å². The number of rotatable bonds is 8. The highest BCUT2D eigenvalue weighted by Crippen LogP contribution is 2.28. The number of carboxylic acid groups (broad SMARTS) is 1. The van der Waals surface area contributed by atoms with Crippen molar-refractivity contribution in [1.82, 2.24) is 0 Å². The minimum atomic E-state index is -1.23. The number of carbonyl (C=O) groups is 1. The van der Waals surface area contributed by atoms with E-state index in [0.29, 0.717) is 19.6 Å². The largest absolute Gasteiger partial charge is 0.505 e. The van der Waals surface area contributed by atoms with Crippen LogP contribution < -0.4 is 0 Å². The molecule has 0 spiro atoms. The van der Waals surface area contributed by atoms with Crippen LogP contribution in [-0.4, -0.2) is 31.1 Å². The molecule has 4 heteroatoms. The zero-order valence-electron chi connectivity index (χ0n) is 11.6. The standard InChI is InChI=1S/C15H22O4/c1-3-10-18-12-15(2,9-11-19-14(16)17)13-7-5-4-6-8-13/h4-8H,3,9-12H2,1-2H3,(H,16,17). The predicted octanol–water partition coefficient (Wildman–Crippen LogP) is 3.46. The second-order valence-corrected chi connectivity index (χ2v) is 4.84. The number of benzene rings is 1. The summed E-state index contributed by atoms with van der Waals surface area (Å²) in [5, 5.41) is 8.54. The molecule has 0 aliphatic heterocycles. The third kappa shape index (κ3) is 5.30. The fourth-order valence-corrected chi connectivity index (χ4v) is 1.95. The van der Waals surface area contributed by atoms with Crippen LogP contribution in [0.5, 0.6) is 0 Å². The summed E-state index contributed by atoms with van der Waals surface area (Å²) in [5.74, 6) is 0. The number of hydrogen-bond acceptors (Lipinski definition) is 3. The minimum Gasteiger partial charge on any atom is -0.450 e. The lowest BCUT2D eigenvalue weighted by atomic mass is 9.80. The van der Waals surface area contributed by atoms with Crippen molar-refractivity contribution in [2.75, 3.05) is 19.8 Å². The van der Waals surface area contributed by atoms with Gasteiger partial charge in [0.1, 0.15) is 0 Å². The maximum absolute atomic E-state index is 10.4. The highest BCUT2D eigenvalue weighted by atomic mass is 16.7. The van der Waals surface area contributed by atoms with Crippen LogP contribution in [0.4, 0.5) is 4.79 Å². The van der Waals surface area contributed by atoms with E-state index in [2.05, 4.69) is 18.6 Å². The Kier molecular flexibility index (Phi) is 6.36. The van der Waals surface area contributed by atoms with Gasteiger partial charge in [-0.2, -0.15) is 0 Å². The molecule has 0 aliphatic rings. The molecule has 1 rings (SSSR count). The average molecular weight is 266 g/mol. The Balaban J connectivity index is 2.69. The summed E-state index contributed by atoms with van der Waals surface area (Å²) >= 11 is 0. The molecule has 106 valence electrons. The summed E-state index contributed by atoms with van der Waals surface area (Å²) in [6.07, 6.45) is 0.341. The van der Waals surface area contributed by atoms with Gasteiger partial charge in [0, 0.05) is 12.0 Å². The Bertz CT molecular complexity index is 377. The second-order valence-electron chi connectivity index (χ2n) is 4.84. The maximum atomic E-state index is 10.4. The van der Waals surface area contributed by atoms with Crippen LogP contribution in [0.2, 0.25) is 0 Å². The molecule has 0 bridgehead atoms. The van der Waals surface area contributed by atoms with Gasteiger partial charge in [-0.1, -0.05) is 44.2 Å². The molecule has 0 radical (unpaired) electrons. The Morgan fingerprint density at radius 3 is 2.53 bits per heavy atom. The van der Waals surface area contributed by atoms with E-state index >= 15 is 0 Å². The van der Waals surface area contributed by atoms with Crippen molar-refractivity contribution in [1.29, 1.82) is 0 Å². The molecule has 0 aliphatic carbocycles. The van der Waals surface area contributed by atoms with Gasteiger partial charge < -0.3 is 14.6 Å². The van der Waals surface area contributed by atoms with Crippen molar-refractivity contribution in [2.24, 2.45) is 0 Å². The van der Waals surface area contributed by atoms with Crippen molar-refractivity contribution in [3.05, 3.63) is 35.9 Å². The first-order chi connectivity index (χ1) is 9.08. The fourth-order valence-electron chi connectivity index (χ4n) is 1.95. The molecule has 19 heavy (non-hydrogen) atoms. The smallest absolute Gasteiger partial charge is 0.450 e. The zero-order chi connectivity index (χ0) is 14.1. The summed E-state index contributed by atoms with van der Waals surface area (Å²) in [6, 6.07) is 9.99. The molecule has 1 atom stereocenters. The highest BCUT2D eigenvalue weighted by molar-refractivity contribution is 5.56. The second kappa shape index (κ2) is 7.79. The van der Waals surface area contributed by atoms with E-state index < -0.39 is 6.16 Å². The van der Waals surface area contributed by atoms with Gasteiger partial charge in [-0.15, -0.1) is 0 Å². The lowest BCUT2D eigenvalue weighted by Gasteiger charge is -2.29. The van der Waals surface area contributed by atoms with Crippen molar-refractivity contribution >= 4 is 6.16 Å². The van der Waals surface area contributed by atoms with Gasteiger partial charge in [-0.3, -0.25) is 0 Å². The van der Waals surface area contributed by atoms with Crippen LogP contribution >= 0.6 is 0 Å². The molecule has 0 saturated carbocycles. The Morgan fingerprint density at radius 1 is 1.26 bits per heavy atom. The van der Waals surface area contributed by atoms with Crippen LogP contribution in [0.25, 0.3) is 0 Å². The average Bonchev–Trinajstić information content (AvgIpc) is 2.40. The monoisotopic (exact) mass is 266 g/mol. The number of hydrogen-bond donors (Lipinski definition) is 1. The lowest BCUT2D eigenvalue weighted by Crippen LogP contribution is -2.30. The van der Waals surface area contributed by atoms with Crippen LogP contribution in [0.15, 0.2) is 30.3 Å². The Morgan fingerprint density at radius 2 is 1.95 bits per heavy atom. The first-order valence-electron chi connectivity index (χ1n) is 6.57. The van der Waals surface area contributed by atoms with E-state index in [1.54, 1.807) is 0 Å². The van der Waals surface area contributed by atoms with E-state index in [9.17, 15) is 4.79 Å². The molecule has 4 nitrogen and oxygen atoms in total. The fraction of sp³-hybridized carbons (Fsp3) is 0.533. The van der Waals surface area contributed by atoms with E-state index in [4.69, 9.17) is 9.84 Å². The van der Waals surface area contributed by atoms with Crippen molar-refractivity contribution < 1.29 is 19.4 Å². The molecule has 0 amide bonds. The molecule has 1 aromatic carbocycles. The molecule has 0 aromatic heterocycles. The minimum absolute atomic E-state index is 0.177. The van der Waals surface area contributed by atoms with Gasteiger partial charge in [0.25, 0.3) is 0 Å². The molecule has 1 aromatic rings. The Hall–Kier alpha value is -1.55. The third-order valence-electron chi connectivity index (χ3n) is 3.12. The summed E-state index contributed by atoms with van der Waals surface area (Å²) in [6.45, 7) is 5.59. The quantitative estimate of drug-likeness (QED) is 0.578. The first kappa shape index (κ1) is 15.5. The molecule has 1 N–H and O–H groups in total. The lowest BCUT2D eigenvalue weighted by molar-refractivity contribution is 0.0574. The molecule has 1 unspecified atom stereocenters. The molecule has 0 saturated heterocycles. The molecular weight excluding hydrogens is 244 g/mol. The van der Waals surface area contributed by atoms with E-state index in [1.165, 1.54) is 0 Å². The van der Waals surface area contributed by atoms with Gasteiger partial charge in [-0.25, -0.2) is 4.79 Å². The summed E-state index contributed by atoms with van der Waals surface area (Å²) < 4.78 is 10.3. The first-order valence-corrected chi connectivity index (χ1v) is 6.57. The predicted molar refractivity (Wildman–Crippen MR) is 73.5 cm³/mol. The van der Waals surface area contributed by atoms with Crippen LogP contribution in [-0.2, 0) is 14.9 Å². The van der Waals surface area contributed by atoms with Gasteiger partial charge in [0.05, 0.1) is 13.2 Å². The third-order valence-corrected chi connectivity index (χ3v) is 3.12. The topological polar surface area (TPSA) is 55.8 Å². The summed E-state index contributed by atoms with van der Waals surface area (Å²) in [4.78, 5) is 10.4. The van der Waals surface area contributed by atoms with Crippen molar-refractivity contribution in [2.45, 2.75) is 32.1 Å². The van der Waals surface area contributed by atoms with Gasteiger partial charge in [0.15, 0.2) is 0 Å². The van der Waals surface area contributed by atoms with Gasteiger partial charge in [0.2, 0.25) is 0 Å². The normalized spacial score (nSPS) is 13.8. The zero-order valence-corrected chi connectivity index (χ0v) is 11.6. The highest BCUT2D eigenvalue weighted by Gasteiger charge is 2.27. The van der Waals surface area contributed by atoms with Crippen LogP contribution in [0.3, 0.4) is 0 Å². The van der Waals surface area contributed by atoms with Crippen LogP contribution in [0.1, 0.15) is 32.3 Å². The van der Waals surface area contributed by atoms with Gasteiger partial charge in [-0.05, 0) is 18.4 Å². The Labute approximate surface area is 114 Å². The van der Waals surface area contributed by atoms with Crippen molar-refractivity contribution in [3.63, 3.8) is 0 Å². The van der Waals surface area contributed by atoms with Crippen molar-refractivity contribution in [3.8, 4) is 0 Å². The number of ether oxygens (including phenoxy) is 2. The molecule has 0 heterocycles. The van der Waals surface area contributed by atoms with E-state index in [0.717, 1.165) is 12.0 Å². The summed E-state index contributed by atoms with van der Waals surface area (Å²) in [5.41, 5.74) is 0.909. The van der Waals surface area contributed by atoms with E-state index in [-0.39, 0.29) is 12.0 Å². The maximum Gasteiger partial charge on any atom is 0.505 e. The van der Waals surface area contributed by atoms with Crippen LogP contribution in [0, 0.1) is 0 Å². The van der Waals surface area contributed by atoms with E-state index in [1.807, 2.05) is 30.3 Å². The SMILES string of the molecule is CCCOCC(C)(CCOC(=O)O)c1ccccc1.